The lowest BCUT2D eigenvalue weighted by Crippen LogP contribution is -2.38. The van der Waals surface area contributed by atoms with Crippen molar-refractivity contribution in [1.29, 1.82) is 0 Å². The van der Waals surface area contributed by atoms with Gasteiger partial charge in [-0.1, -0.05) is 13.5 Å². The minimum Gasteiger partial charge on any atom is -0.353 e. The summed E-state index contributed by atoms with van der Waals surface area (Å²) >= 11 is 0. The number of hydrogen-bond acceptors (Lipinski definition) is 4. The summed E-state index contributed by atoms with van der Waals surface area (Å²) in [6, 6.07) is 0. The molecule has 0 bridgehead atoms. The fraction of sp³-hybridized carbons (Fsp3) is 0.727. The summed E-state index contributed by atoms with van der Waals surface area (Å²) in [5.41, 5.74) is 0. The molecule has 0 saturated carbocycles. The van der Waals surface area contributed by atoms with Crippen molar-refractivity contribution >= 4 is 16.0 Å². The lowest BCUT2D eigenvalue weighted by molar-refractivity contribution is -0.116. The van der Waals surface area contributed by atoms with E-state index in [2.05, 4.69) is 11.9 Å². The molecule has 18 heavy (non-hydrogen) atoms. The Balaban J connectivity index is 0. The average molecular weight is 280 g/mol. The highest BCUT2D eigenvalue weighted by Crippen LogP contribution is 2.28. The predicted octanol–water partition coefficient (Wildman–Crippen LogP) is 1.53. The van der Waals surface area contributed by atoms with E-state index in [4.69, 9.17) is 4.55 Å². The molecule has 1 unspecified atom stereocenters. The fourth-order valence-corrected chi connectivity index (χ4v) is 1.92. The van der Waals surface area contributed by atoms with Gasteiger partial charge in [-0.2, -0.15) is 8.42 Å². The third-order valence-electron chi connectivity index (χ3n) is 3.15. The van der Waals surface area contributed by atoms with Gasteiger partial charge >= 0.3 is 0 Å². The smallest absolute Gasteiger partial charge is 0.270 e. The number of carbonyl (C=O) groups excluding carboxylic acids is 1. The molecule has 0 rings (SSSR count). The van der Waals surface area contributed by atoms with E-state index < -0.39 is 14.9 Å². The molecule has 0 spiro atoms. The number of rotatable bonds is 7. The molecule has 0 aliphatic carbocycles. The summed E-state index contributed by atoms with van der Waals surface area (Å²) in [4.78, 5) is 10.8. The van der Waals surface area contributed by atoms with Crippen LogP contribution in [0.2, 0.25) is 0 Å². The Kier molecular flexibility index (Phi) is 8.09. The average Bonchev–Trinajstić information content (AvgIpc) is 2.21. The van der Waals surface area contributed by atoms with Crippen LogP contribution in [0.1, 0.15) is 33.6 Å². The summed E-state index contributed by atoms with van der Waals surface area (Å²) < 4.78 is 30.2. The van der Waals surface area contributed by atoms with Crippen LogP contribution in [0.3, 0.4) is 0 Å². The Labute approximate surface area is 109 Å². The molecule has 0 aliphatic rings. The molecule has 0 heterocycles. The van der Waals surface area contributed by atoms with Gasteiger partial charge in [-0.05, 0) is 38.7 Å². The third-order valence-corrected chi connectivity index (χ3v) is 4.88. The standard InChI is InChI=1S/C11H21NO4S.H3N/c1-5-10(13)12-8-6-7-9(2)11(3,4)17(14,15)16;/h5,9H,1,6-8H2,2-4H3,(H,12,13)(H,14,15,16);1H3. The molecule has 0 fully saturated rings. The van der Waals surface area contributed by atoms with Gasteiger partial charge < -0.3 is 11.5 Å². The number of hydrogen-bond donors (Lipinski definition) is 3. The zero-order valence-corrected chi connectivity index (χ0v) is 12.1. The maximum atomic E-state index is 11.2. The molecule has 1 amide bonds. The minimum absolute atomic E-state index is 0. The second-order valence-corrected chi connectivity index (χ2v) is 6.62. The molecule has 0 radical (unpaired) electrons. The molecule has 0 aromatic heterocycles. The van der Waals surface area contributed by atoms with E-state index in [9.17, 15) is 13.2 Å². The van der Waals surface area contributed by atoms with E-state index in [0.29, 0.717) is 19.4 Å². The van der Waals surface area contributed by atoms with Crippen molar-refractivity contribution in [3.05, 3.63) is 12.7 Å². The molecule has 0 aliphatic heterocycles. The van der Waals surface area contributed by atoms with Crippen LogP contribution in [0.25, 0.3) is 0 Å². The summed E-state index contributed by atoms with van der Waals surface area (Å²) in [7, 11) is -4.06. The van der Waals surface area contributed by atoms with Gasteiger partial charge in [-0.15, -0.1) is 0 Å². The Morgan fingerprint density at radius 1 is 1.50 bits per heavy atom. The molecule has 6 nitrogen and oxygen atoms in total. The molecule has 0 aromatic carbocycles. The fourth-order valence-electron chi connectivity index (χ4n) is 1.29. The van der Waals surface area contributed by atoms with Crippen LogP contribution >= 0.6 is 0 Å². The van der Waals surface area contributed by atoms with Gasteiger partial charge in [0.05, 0.1) is 4.75 Å². The predicted molar refractivity (Wildman–Crippen MR) is 72.3 cm³/mol. The monoisotopic (exact) mass is 280 g/mol. The number of amides is 1. The van der Waals surface area contributed by atoms with E-state index >= 15 is 0 Å². The molecule has 7 heteroatoms. The Hall–Kier alpha value is -0.920. The quantitative estimate of drug-likeness (QED) is 0.371. The maximum Gasteiger partial charge on any atom is 0.270 e. The first-order chi connectivity index (χ1) is 7.63. The van der Waals surface area contributed by atoms with E-state index in [1.165, 1.54) is 19.9 Å². The highest BCUT2D eigenvalue weighted by molar-refractivity contribution is 7.87. The molecule has 108 valence electrons. The van der Waals surface area contributed by atoms with Gasteiger partial charge in [-0.3, -0.25) is 9.35 Å². The molecule has 0 saturated heterocycles. The molecule has 0 aromatic rings. The third kappa shape index (κ3) is 5.61. The largest absolute Gasteiger partial charge is 0.353 e. The van der Waals surface area contributed by atoms with Crippen LogP contribution in [0.5, 0.6) is 0 Å². The molecule has 1 atom stereocenters. The van der Waals surface area contributed by atoms with Gasteiger partial charge in [0, 0.05) is 6.54 Å². The van der Waals surface area contributed by atoms with Crippen LogP contribution < -0.4 is 11.5 Å². The van der Waals surface area contributed by atoms with Gasteiger partial charge in [-0.25, -0.2) is 0 Å². The Bertz CT molecular complexity index is 377. The van der Waals surface area contributed by atoms with E-state index in [-0.39, 0.29) is 18.0 Å². The summed E-state index contributed by atoms with van der Waals surface area (Å²) in [5, 5.41) is 2.61. The lowest BCUT2D eigenvalue weighted by atomic mass is 9.92. The van der Waals surface area contributed by atoms with Crippen LogP contribution in [0.15, 0.2) is 12.7 Å². The lowest BCUT2D eigenvalue weighted by Gasteiger charge is -2.28. The first kappa shape index (κ1) is 19.4. The highest BCUT2D eigenvalue weighted by atomic mass is 32.2. The summed E-state index contributed by atoms with van der Waals surface area (Å²) in [5.74, 6) is -0.440. The first-order valence-corrected chi connectivity index (χ1v) is 6.94. The maximum absolute atomic E-state index is 11.2. The van der Waals surface area contributed by atoms with Gasteiger partial charge in [0.2, 0.25) is 5.91 Å². The Morgan fingerprint density at radius 2 is 2.00 bits per heavy atom. The highest BCUT2D eigenvalue weighted by Gasteiger charge is 2.37. The van der Waals surface area contributed by atoms with Crippen LogP contribution in [-0.4, -0.2) is 30.2 Å². The molecular weight excluding hydrogens is 256 g/mol. The van der Waals surface area contributed by atoms with E-state index in [0.717, 1.165) is 0 Å². The van der Waals surface area contributed by atoms with Crippen molar-refractivity contribution < 1.29 is 17.8 Å². The number of nitrogens with one attached hydrogen (secondary N) is 1. The SMILES string of the molecule is C=CC(=O)NCCCC(C)C(C)(C)S(=O)(=O)O.N. The zero-order valence-electron chi connectivity index (χ0n) is 11.3. The van der Waals surface area contributed by atoms with Crippen molar-refractivity contribution in [3.63, 3.8) is 0 Å². The molecule has 5 N–H and O–H groups in total. The first-order valence-electron chi connectivity index (χ1n) is 5.50. The van der Waals surface area contributed by atoms with Crippen LogP contribution in [0.4, 0.5) is 0 Å². The summed E-state index contributed by atoms with van der Waals surface area (Å²) in [6.07, 6.45) is 2.44. The van der Waals surface area contributed by atoms with Crippen LogP contribution in [-0.2, 0) is 14.9 Å². The molecular formula is C11H24N2O4S. The van der Waals surface area contributed by atoms with Crippen LogP contribution in [0, 0.1) is 5.92 Å². The minimum atomic E-state index is -4.06. The number of carbonyl (C=O) groups is 1. The summed E-state index contributed by atoms with van der Waals surface area (Å²) in [6.45, 7) is 8.55. The Morgan fingerprint density at radius 3 is 2.39 bits per heavy atom. The van der Waals surface area contributed by atoms with Gasteiger partial charge in [0.25, 0.3) is 10.1 Å². The normalized spacial score (nSPS) is 13.3. The second kappa shape index (κ2) is 7.50. The van der Waals surface area contributed by atoms with Gasteiger partial charge in [0.15, 0.2) is 0 Å². The van der Waals surface area contributed by atoms with Crippen molar-refractivity contribution in [1.82, 2.24) is 11.5 Å². The van der Waals surface area contributed by atoms with Crippen molar-refractivity contribution in [2.75, 3.05) is 6.54 Å². The zero-order chi connectivity index (χ0) is 13.7. The van der Waals surface area contributed by atoms with E-state index in [1.807, 2.05) is 0 Å². The topological polar surface area (TPSA) is 118 Å². The van der Waals surface area contributed by atoms with Crippen molar-refractivity contribution in [2.45, 2.75) is 38.4 Å². The van der Waals surface area contributed by atoms with E-state index in [1.54, 1.807) is 6.92 Å². The van der Waals surface area contributed by atoms with Gasteiger partial charge in [0.1, 0.15) is 0 Å². The second-order valence-electron chi connectivity index (χ2n) is 4.62. The van der Waals surface area contributed by atoms with Crippen molar-refractivity contribution in [2.24, 2.45) is 5.92 Å². The van der Waals surface area contributed by atoms with Crippen molar-refractivity contribution in [3.8, 4) is 0 Å².